The molecule has 8 heteroatoms. The highest BCUT2D eigenvalue weighted by atomic mass is 19.2. The standard InChI is InChI=1S/C20H19F3N2O3/c21-14-5-4-13(18(22)19(14)23)20(26)24-10-15(25-7-1-2-8-25)12-3-6-16-17(9-12)28-11-27-16/h3-6,9,15H,1-2,7-8,10-11H2,(H,24,26). The first kappa shape index (κ1) is 18.6. The first-order valence-corrected chi connectivity index (χ1v) is 9.10. The summed E-state index contributed by atoms with van der Waals surface area (Å²) in [7, 11) is 0. The van der Waals surface area contributed by atoms with Gasteiger partial charge in [-0.15, -0.1) is 0 Å². The van der Waals surface area contributed by atoms with Crippen LogP contribution >= 0.6 is 0 Å². The number of nitrogens with one attached hydrogen (secondary N) is 1. The normalized spacial score (nSPS) is 17.0. The van der Waals surface area contributed by atoms with Gasteiger partial charge in [-0.3, -0.25) is 9.69 Å². The zero-order valence-electron chi connectivity index (χ0n) is 15.0. The van der Waals surface area contributed by atoms with Crippen molar-refractivity contribution in [3.05, 3.63) is 58.9 Å². The average molecular weight is 392 g/mol. The van der Waals surface area contributed by atoms with Gasteiger partial charge in [-0.1, -0.05) is 6.07 Å². The number of nitrogens with zero attached hydrogens (tertiary/aromatic N) is 1. The summed E-state index contributed by atoms with van der Waals surface area (Å²) >= 11 is 0. The molecular formula is C20H19F3N2O3. The molecule has 1 saturated heterocycles. The van der Waals surface area contributed by atoms with Gasteiger partial charge in [0.15, 0.2) is 29.0 Å². The third-order valence-corrected chi connectivity index (χ3v) is 5.10. The number of carbonyl (C=O) groups is 1. The van der Waals surface area contributed by atoms with Crippen molar-refractivity contribution in [3.8, 4) is 11.5 Å². The third kappa shape index (κ3) is 3.52. The van der Waals surface area contributed by atoms with Crippen LogP contribution < -0.4 is 14.8 Å². The smallest absolute Gasteiger partial charge is 0.254 e. The van der Waals surface area contributed by atoms with Gasteiger partial charge < -0.3 is 14.8 Å². The lowest BCUT2D eigenvalue weighted by atomic mass is 10.0. The van der Waals surface area contributed by atoms with Crippen LogP contribution in [0.2, 0.25) is 0 Å². The summed E-state index contributed by atoms with van der Waals surface area (Å²) in [5, 5.41) is 2.65. The molecule has 2 aromatic carbocycles. The van der Waals surface area contributed by atoms with Crippen molar-refractivity contribution in [1.82, 2.24) is 10.2 Å². The van der Waals surface area contributed by atoms with E-state index in [1.165, 1.54) is 0 Å². The summed E-state index contributed by atoms with van der Waals surface area (Å²) in [5.41, 5.74) is 0.405. The number of amides is 1. The van der Waals surface area contributed by atoms with Gasteiger partial charge in [0.1, 0.15) is 0 Å². The zero-order chi connectivity index (χ0) is 19.7. The number of halogens is 3. The number of carbonyl (C=O) groups excluding carboxylic acids is 1. The molecule has 1 unspecified atom stereocenters. The van der Waals surface area contributed by atoms with Gasteiger partial charge in [0.25, 0.3) is 5.91 Å². The van der Waals surface area contributed by atoms with Gasteiger partial charge >= 0.3 is 0 Å². The van der Waals surface area contributed by atoms with Crippen LogP contribution in [0.25, 0.3) is 0 Å². The molecule has 28 heavy (non-hydrogen) atoms. The highest BCUT2D eigenvalue weighted by Gasteiger charge is 2.27. The maximum atomic E-state index is 13.9. The van der Waals surface area contributed by atoms with E-state index in [0.717, 1.165) is 43.6 Å². The van der Waals surface area contributed by atoms with E-state index in [0.29, 0.717) is 11.5 Å². The Hall–Kier alpha value is -2.74. The summed E-state index contributed by atoms with van der Waals surface area (Å²) in [4.78, 5) is 14.6. The molecule has 5 nitrogen and oxygen atoms in total. The number of benzene rings is 2. The fraction of sp³-hybridized carbons (Fsp3) is 0.350. The van der Waals surface area contributed by atoms with Crippen LogP contribution in [0.1, 0.15) is 34.8 Å². The summed E-state index contributed by atoms with van der Waals surface area (Å²) in [6.45, 7) is 2.10. The van der Waals surface area contributed by atoms with E-state index in [1.54, 1.807) is 0 Å². The van der Waals surface area contributed by atoms with Gasteiger partial charge in [-0.2, -0.15) is 0 Å². The second kappa shape index (κ2) is 7.71. The molecule has 0 bridgehead atoms. The monoisotopic (exact) mass is 392 g/mol. The van der Waals surface area contributed by atoms with Crippen LogP contribution in [0, 0.1) is 17.5 Å². The summed E-state index contributed by atoms with van der Waals surface area (Å²) < 4.78 is 51.2. The van der Waals surface area contributed by atoms with E-state index in [9.17, 15) is 18.0 Å². The molecule has 0 aromatic heterocycles. The maximum Gasteiger partial charge on any atom is 0.254 e. The van der Waals surface area contributed by atoms with Crippen molar-refractivity contribution in [2.75, 3.05) is 26.4 Å². The van der Waals surface area contributed by atoms with Crippen molar-refractivity contribution >= 4 is 5.91 Å². The van der Waals surface area contributed by atoms with Gasteiger partial charge in [0.05, 0.1) is 11.6 Å². The Morgan fingerprint density at radius 1 is 1.04 bits per heavy atom. The van der Waals surface area contributed by atoms with E-state index in [4.69, 9.17) is 9.47 Å². The molecule has 0 spiro atoms. The highest BCUT2D eigenvalue weighted by molar-refractivity contribution is 5.94. The van der Waals surface area contributed by atoms with Crippen LogP contribution in [0.5, 0.6) is 11.5 Å². The molecule has 2 aromatic rings. The Labute approximate surface area is 160 Å². The fourth-order valence-electron chi connectivity index (χ4n) is 3.62. The molecule has 1 amide bonds. The number of rotatable bonds is 5. The number of hydrogen-bond acceptors (Lipinski definition) is 4. The lowest BCUT2D eigenvalue weighted by Crippen LogP contribution is -2.37. The predicted molar refractivity (Wildman–Crippen MR) is 94.8 cm³/mol. The molecule has 1 N–H and O–H groups in total. The van der Waals surface area contributed by atoms with E-state index < -0.39 is 28.9 Å². The lowest BCUT2D eigenvalue weighted by molar-refractivity contribution is 0.0932. The molecule has 0 aliphatic carbocycles. The van der Waals surface area contributed by atoms with Crippen LogP contribution in [0.3, 0.4) is 0 Å². The highest BCUT2D eigenvalue weighted by Crippen LogP contribution is 2.36. The van der Waals surface area contributed by atoms with E-state index in [2.05, 4.69) is 10.2 Å². The summed E-state index contributed by atoms with van der Waals surface area (Å²) in [5.74, 6) is -3.96. The van der Waals surface area contributed by atoms with Gasteiger partial charge in [-0.25, -0.2) is 13.2 Å². The maximum absolute atomic E-state index is 13.9. The number of ether oxygens (including phenoxy) is 2. The second-order valence-electron chi connectivity index (χ2n) is 6.80. The van der Waals surface area contributed by atoms with Crippen molar-refractivity contribution < 1.29 is 27.4 Å². The fourth-order valence-corrected chi connectivity index (χ4v) is 3.62. The van der Waals surface area contributed by atoms with Gasteiger partial charge in [0, 0.05) is 6.54 Å². The molecule has 2 heterocycles. The minimum absolute atomic E-state index is 0.158. The molecule has 1 atom stereocenters. The van der Waals surface area contributed by atoms with Crippen molar-refractivity contribution in [3.63, 3.8) is 0 Å². The molecule has 0 radical (unpaired) electrons. The van der Waals surface area contributed by atoms with Crippen LogP contribution in [-0.2, 0) is 0 Å². The minimum atomic E-state index is -1.65. The van der Waals surface area contributed by atoms with Crippen LogP contribution in [0.4, 0.5) is 13.2 Å². The van der Waals surface area contributed by atoms with Gasteiger partial charge in [-0.05, 0) is 55.8 Å². The topological polar surface area (TPSA) is 50.8 Å². The minimum Gasteiger partial charge on any atom is -0.454 e. The van der Waals surface area contributed by atoms with Gasteiger partial charge in [0.2, 0.25) is 6.79 Å². The van der Waals surface area contributed by atoms with Crippen molar-refractivity contribution in [1.29, 1.82) is 0 Å². The summed E-state index contributed by atoms with van der Waals surface area (Å²) in [6, 6.07) is 7.11. The Balaban J connectivity index is 1.53. The van der Waals surface area contributed by atoms with Crippen molar-refractivity contribution in [2.45, 2.75) is 18.9 Å². The molecule has 0 saturated carbocycles. The molecule has 4 rings (SSSR count). The van der Waals surface area contributed by atoms with Crippen LogP contribution in [-0.4, -0.2) is 37.2 Å². The van der Waals surface area contributed by atoms with E-state index >= 15 is 0 Å². The quantitative estimate of drug-likeness (QED) is 0.793. The molecular weight excluding hydrogens is 373 g/mol. The second-order valence-corrected chi connectivity index (χ2v) is 6.80. The first-order chi connectivity index (χ1) is 13.5. The number of likely N-dealkylation sites (tertiary alicyclic amines) is 1. The zero-order valence-corrected chi connectivity index (χ0v) is 15.0. The van der Waals surface area contributed by atoms with E-state index in [-0.39, 0.29) is 19.4 Å². The molecule has 1 fully saturated rings. The Morgan fingerprint density at radius 2 is 1.79 bits per heavy atom. The molecule has 2 aliphatic heterocycles. The van der Waals surface area contributed by atoms with Crippen LogP contribution in [0.15, 0.2) is 30.3 Å². The Kier molecular flexibility index (Phi) is 5.13. The SMILES string of the molecule is O=C(NCC(c1ccc2c(c1)OCO2)N1CCCC1)c1ccc(F)c(F)c1F. The largest absolute Gasteiger partial charge is 0.454 e. The summed E-state index contributed by atoms with van der Waals surface area (Å²) in [6.07, 6.45) is 2.10. The van der Waals surface area contributed by atoms with E-state index in [1.807, 2.05) is 18.2 Å². The van der Waals surface area contributed by atoms with Crippen molar-refractivity contribution in [2.24, 2.45) is 0 Å². The Morgan fingerprint density at radius 3 is 2.57 bits per heavy atom. The number of hydrogen-bond donors (Lipinski definition) is 1. The average Bonchev–Trinajstić information content (AvgIpc) is 3.38. The number of fused-ring (bicyclic) bond motifs is 1. The lowest BCUT2D eigenvalue weighted by Gasteiger charge is -2.28. The molecule has 2 aliphatic rings. The predicted octanol–water partition coefficient (Wildman–Crippen LogP) is 3.40. The Bertz CT molecular complexity index is 901. The first-order valence-electron chi connectivity index (χ1n) is 9.10. The molecule has 148 valence electrons. The third-order valence-electron chi connectivity index (χ3n) is 5.10.